The first-order chi connectivity index (χ1) is 13.9. The lowest BCUT2D eigenvalue weighted by molar-refractivity contribution is -0.143. The Morgan fingerprint density at radius 1 is 1.21 bits per heavy atom. The van der Waals surface area contributed by atoms with Crippen molar-refractivity contribution in [2.45, 2.75) is 70.5 Å². The summed E-state index contributed by atoms with van der Waals surface area (Å²) < 4.78 is 0. The van der Waals surface area contributed by atoms with Gasteiger partial charge in [-0.3, -0.25) is 14.4 Å². The minimum atomic E-state index is -0.678. The number of aliphatic hydroxyl groups excluding tert-OH is 1. The molecule has 1 saturated carbocycles. The quantitative estimate of drug-likeness (QED) is 0.579. The highest BCUT2D eigenvalue weighted by molar-refractivity contribution is 5.97. The molecule has 3 amide bonds. The van der Waals surface area contributed by atoms with Gasteiger partial charge in [-0.05, 0) is 25.2 Å². The van der Waals surface area contributed by atoms with Crippen LogP contribution in [0.3, 0.4) is 0 Å². The van der Waals surface area contributed by atoms with Crippen LogP contribution in [0, 0.1) is 23.7 Å². The Labute approximate surface area is 173 Å². The van der Waals surface area contributed by atoms with Gasteiger partial charge in [0.1, 0.15) is 6.04 Å². The number of amides is 3. The van der Waals surface area contributed by atoms with Gasteiger partial charge in [0, 0.05) is 19.0 Å². The molecule has 1 aliphatic heterocycles. The lowest BCUT2D eigenvalue weighted by Crippen LogP contribution is -2.54. The Kier molecular flexibility index (Phi) is 6.98. The third-order valence-corrected chi connectivity index (χ3v) is 7.05. The van der Waals surface area contributed by atoms with Crippen LogP contribution in [0.1, 0.15) is 52.4 Å². The zero-order valence-corrected chi connectivity index (χ0v) is 17.8. The fourth-order valence-electron chi connectivity index (χ4n) is 5.45. The molecule has 7 nitrogen and oxygen atoms in total. The van der Waals surface area contributed by atoms with E-state index in [9.17, 15) is 19.5 Å². The van der Waals surface area contributed by atoms with E-state index < -0.39 is 23.9 Å². The minimum absolute atomic E-state index is 0.0867. The molecule has 0 aromatic heterocycles. The maximum atomic E-state index is 13.5. The molecule has 3 N–H and O–H groups in total. The van der Waals surface area contributed by atoms with Gasteiger partial charge in [-0.2, -0.15) is 0 Å². The third-order valence-electron chi connectivity index (χ3n) is 7.05. The molecule has 0 spiro atoms. The van der Waals surface area contributed by atoms with Gasteiger partial charge in [0.2, 0.25) is 17.7 Å². The van der Waals surface area contributed by atoms with E-state index in [0.717, 1.165) is 25.7 Å². The number of nitrogens with one attached hydrogen (secondary N) is 2. The van der Waals surface area contributed by atoms with Crippen LogP contribution in [-0.4, -0.2) is 59.5 Å². The van der Waals surface area contributed by atoms with Gasteiger partial charge in [0.05, 0.1) is 24.5 Å². The van der Waals surface area contributed by atoms with E-state index >= 15 is 0 Å². The smallest absolute Gasteiger partial charge is 0.243 e. The average Bonchev–Trinajstić information content (AvgIpc) is 3.02. The molecule has 0 aromatic carbocycles. The zero-order valence-electron chi connectivity index (χ0n) is 17.8. The van der Waals surface area contributed by atoms with Crippen molar-refractivity contribution in [3.8, 4) is 0 Å². The largest absolute Gasteiger partial charge is 0.394 e. The van der Waals surface area contributed by atoms with Crippen molar-refractivity contribution in [3.63, 3.8) is 0 Å². The molecular formula is C22H35N3O4. The van der Waals surface area contributed by atoms with Crippen LogP contribution in [0.25, 0.3) is 0 Å². The van der Waals surface area contributed by atoms with Crippen molar-refractivity contribution in [1.82, 2.24) is 15.5 Å². The van der Waals surface area contributed by atoms with Crippen LogP contribution in [0.2, 0.25) is 0 Å². The van der Waals surface area contributed by atoms with E-state index in [1.54, 1.807) is 11.9 Å². The average molecular weight is 406 g/mol. The van der Waals surface area contributed by atoms with Crippen molar-refractivity contribution < 1.29 is 19.5 Å². The van der Waals surface area contributed by atoms with Gasteiger partial charge in [-0.1, -0.05) is 45.3 Å². The number of hydrogen-bond acceptors (Lipinski definition) is 4. The number of aliphatic hydroxyl groups is 1. The Bertz CT molecular complexity index is 654. The minimum Gasteiger partial charge on any atom is -0.394 e. The van der Waals surface area contributed by atoms with E-state index in [1.165, 1.54) is 6.42 Å². The van der Waals surface area contributed by atoms with Crippen molar-refractivity contribution in [2.24, 2.45) is 23.7 Å². The molecule has 1 saturated heterocycles. The van der Waals surface area contributed by atoms with Crippen LogP contribution >= 0.6 is 0 Å². The van der Waals surface area contributed by atoms with Gasteiger partial charge < -0.3 is 20.6 Å². The number of carbonyl (C=O) groups is 3. The molecular weight excluding hydrogens is 370 g/mol. The van der Waals surface area contributed by atoms with Gasteiger partial charge in [-0.15, -0.1) is 0 Å². The standard InChI is InChI=1S/C22H35N3O4/c1-4-15(12-26)25-19(21(28)24-14-8-6-5-7-9-14)16-11-10-13(2)17(20(27)23-3)18(16)22(25)29/h10-11,13-19,26H,4-9,12H2,1-3H3,(H,23,27)(H,24,28)/t13-,15+,16+,17-,18+,19+/m1/s1. The monoisotopic (exact) mass is 405 g/mol. The molecule has 7 heteroatoms. The molecule has 3 rings (SSSR count). The molecule has 0 bridgehead atoms. The maximum Gasteiger partial charge on any atom is 0.243 e. The van der Waals surface area contributed by atoms with Gasteiger partial charge in [-0.25, -0.2) is 0 Å². The molecule has 0 aromatic rings. The summed E-state index contributed by atoms with van der Waals surface area (Å²) >= 11 is 0. The number of nitrogens with zero attached hydrogens (tertiary/aromatic N) is 1. The summed E-state index contributed by atoms with van der Waals surface area (Å²) in [5.74, 6) is -2.03. The number of likely N-dealkylation sites (tertiary alicyclic amines) is 1. The lowest BCUT2D eigenvalue weighted by atomic mass is 9.70. The van der Waals surface area contributed by atoms with Gasteiger partial charge in [0.15, 0.2) is 0 Å². The lowest BCUT2D eigenvalue weighted by Gasteiger charge is -2.34. The second kappa shape index (κ2) is 9.28. The molecule has 0 unspecified atom stereocenters. The zero-order chi connectivity index (χ0) is 21.1. The summed E-state index contributed by atoms with van der Waals surface area (Å²) in [6.45, 7) is 3.64. The highest BCUT2D eigenvalue weighted by Gasteiger charge is 2.57. The van der Waals surface area contributed by atoms with Crippen molar-refractivity contribution >= 4 is 17.7 Å². The van der Waals surface area contributed by atoms with Crippen LogP contribution in [0.4, 0.5) is 0 Å². The van der Waals surface area contributed by atoms with Crippen molar-refractivity contribution in [2.75, 3.05) is 13.7 Å². The summed E-state index contributed by atoms with van der Waals surface area (Å²) in [4.78, 5) is 41.1. The first-order valence-corrected chi connectivity index (χ1v) is 11.1. The summed E-state index contributed by atoms with van der Waals surface area (Å²) in [6, 6.07) is -0.964. The first-order valence-electron chi connectivity index (χ1n) is 11.1. The number of rotatable bonds is 6. The van der Waals surface area contributed by atoms with Crippen LogP contribution in [0.15, 0.2) is 12.2 Å². The van der Waals surface area contributed by atoms with Gasteiger partial charge in [0.25, 0.3) is 0 Å². The van der Waals surface area contributed by atoms with Crippen molar-refractivity contribution in [3.05, 3.63) is 12.2 Å². The maximum absolute atomic E-state index is 13.5. The van der Waals surface area contributed by atoms with E-state index in [4.69, 9.17) is 0 Å². The fourth-order valence-corrected chi connectivity index (χ4v) is 5.45. The Hall–Kier alpha value is -1.89. The van der Waals surface area contributed by atoms with Crippen LogP contribution < -0.4 is 10.6 Å². The molecule has 1 heterocycles. The van der Waals surface area contributed by atoms with Crippen LogP contribution in [-0.2, 0) is 14.4 Å². The molecule has 29 heavy (non-hydrogen) atoms. The molecule has 0 radical (unpaired) electrons. The predicted octanol–water partition coefficient (Wildman–Crippen LogP) is 1.22. The Morgan fingerprint density at radius 3 is 2.48 bits per heavy atom. The summed E-state index contributed by atoms with van der Waals surface area (Å²) in [5.41, 5.74) is 0. The SMILES string of the molecule is CC[C@@H](CO)N1C(=O)[C@H]2[C@H](C=C[C@@H](C)[C@H]2C(=O)NC)[C@H]1C(=O)NC1CCCCC1. The molecule has 2 aliphatic carbocycles. The Balaban J connectivity index is 1.94. The molecule has 162 valence electrons. The second-order valence-corrected chi connectivity index (χ2v) is 8.77. The fraction of sp³-hybridized carbons (Fsp3) is 0.773. The molecule has 6 atom stereocenters. The van der Waals surface area contributed by atoms with Crippen molar-refractivity contribution in [1.29, 1.82) is 0 Å². The third kappa shape index (κ3) is 4.06. The number of allylic oxidation sites excluding steroid dienone is 1. The number of hydrogen-bond donors (Lipinski definition) is 3. The van der Waals surface area contributed by atoms with Gasteiger partial charge >= 0.3 is 0 Å². The van der Waals surface area contributed by atoms with E-state index in [0.29, 0.717) is 6.42 Å². The molecule has 3 aliphatic rings. The topological polar surface area (TPSA) is 98.7 Å². The highest BCUT2D eigenvalue weighted by atomic mass is 16.3. The van der Waals surface area contributed by atoms with E-state index in [-0.39, 0.29) is 42.2 Å². The van der Waals surface area contributed by atoms with E-state index in [1.807, 2.05) is 26.0 Å². The number of carbonyl (C=O) groups excluding carboxylic acids is 3. The summed E-state index contributed by atoms with van der Waals surface area (Å²) in [5, 5.41) is 15.8. The second-order valence-electron chi connectivity index (χ2n) is 8.77. The molecule has 2 fully saturated rings. The first kappa shape index (κ1) is 21.8. The highest BCUT2D eigenvalue weighted by Crippen LogP contribution is 2.45. The summed E-state index contributed by atoms with van der Waals surface area (Å²) in [7, 11) is 1.58. The Morgan fingerprint density at radius 2 is 1.90 bits per heavy atom. The number of fused-ring (bicyclic) bond motifs is 1. The normalized spacial score (nSPS) is 33.3. The van der Waals surface area contributed by atoms with E-state index in [2.05, 4.69) is 10.6 Å². The predicted molar refractivity (Wildman–Crippen MR) is 110 cm³/mol. The van der Waals surface area contributed by atoms with Crippen LogP contribution in [0.5, 0.6) is 0 Å². The summed E-state index contributed by atoms with van der Waals surface area (Å²) in [6.07, 6.45) is 9.79.